The maximum absolute atomic E-state index is 12.6. The molecule has 1 aliphatic rings. The van der Waals surface area contributed by atoms with E-state index in [-0.39, 0.29) is 20.6 Å². The number of nitro groups is 1. The van der Waals surface area contributed by atoms with Crippen LogP contribution < -0.4 is 0 Å². The molecule has 0 bridgehead atoms. The van der Waals surface area contributed by atoms with Crippen LogP contribution in [0.3, 0.4) is 0 Å². The van der Waals surface area contributed by atoms with Crippen LogP contribution in [0, 0.1) is 10.1 Å². The van der Waals surface area contributed by atoms with Crippen molar-refractivity contribution in [1.29, 1.82) is 0 Å². The van der Waals surface area contributed by atoms with Gasteiger partial charge in [0.1, 0.15) is 0 Å². The fraction of sp³-hybridized carbons (Fsp3) is 0.571. The van der Waals surface area contributed by atoms with Gasteiger partial charge >= 0.3 is 0 Å². The van der Waals surface area contributed by atoms with Crippen molar-refractivity contribution in [3.63, 3.8) is 0 Å². The molecular formula is C14H19NO3S. The fourth-order valence-corrected chi connectivity index (χ4v) is 4.19. The lowest BCUT2D eigenvalue weighted by Gasteiger charge is -2.30. The predicted octanol–water partition coefficient (Wildman–Crippen LogP) is 3.52. The lowest BCUT2D eigenvalue weighted by atomic mass is 9.91. The summed E-state index contributed by atoms with van der Waals surface area (Å²) in [4.78, 5) is 10.5. The van der Waals surface area contributed by atoms with Crippen molar-refractivity contribution in [3.8, 4) is 0 Å². The van der Waals surface area contributed by atoms with Gasteiger partial charge in [0.15, 0.2) is 0 Å². The minimum atomic E-state index is -1.03. The lowest BCUT2D eigenvalue weighted by Crippen LogP contribution is -2.28. The van der Waals surface area contributed by atoms with Crippen molar-refractivity contribution >= 4 is 16.5 Å². The molecule has 0 saturated carbocycles. The van der Waals surface area contributed by atoms with Gasteiger partial charge in [-0.05, 0) is 51.2 Å². The molecule has 0 aliphatic heterocycles. The molecule has 2 rings (SSSR count). The smallest absolute Gasteiger partial charge is 0.258 e. The van der Waals surface area contributed by atoms with E-state index in [4.69, 9.17) is 0 Å². The van der Waals surface area contributed by atoms with Crippen molar-refractivity contribution in [2.24, 2.45) is 0 Å². The monoisotopic (exact) mass is 281 g/mol. The van der Waals surface area contributed by atoms with Gasteiger partial charge in [0, 0.05) is 27.7 Å². The molecule has 0 saturated heterocycles. The van der Waals surface area contributed by atoms with Crippen molar-refractivity contribution in [1.82, 2.24) is 0 Å². The van der Waals surface area contributed by atoms with E-state index in [0.717, 1.165) is 30.4 Å². The van der Waals surface area contributed by atoms with Gasteiger partial charge in [0.2, 0.25) is 0 Å². The third kappa shape index (κ3) is 2.86. The normalized spacial score (nSPS) is 20.7. The van der Waals surface area contributed by atoms with Crippen LogP contribution in [0.4, 0.5) is 5.69 Å². The molecule has 0 spiro atoms. The number of rotatable bonds is 2. The Bertz CT molecular complexity index is 534. The molecule has 0 fully saturated rings. The lowest BCUT2D eigenvalue weighted by molar-refractivity contribution is -0.384. The molecule has 2 atom stereocenters. The van der Waals surface area contributed by atoms with Gasteiger partial charge in [-0.25, -0.2) is 0 Å². The summed E-state index contributed by atoms with van der Waals surface area (Å²) in [5, 5.41) is 10.8. The van der Waals surface area contributed by atoms with E-state index >= 15 is 0 Å². The summed E-state index contributed by atoms with van der Waals surface area (Å²) in [6, 6.07) is 4.98. The number of hydrogen-bond acceptors (Lipinski definition) is 3. The zero-order chi connectivity index (χ0) is 14.2. The Labute approximate surface area is 115 Å². The van der Waals surface area contributed by atoms with Crippen molar-refractivity contribution < 1.29 is 9.13 Å². The number of nitro benzene ring substituents is 1. The molecule has 104 valence electrons. The van der Waals surface area contributed by atoms with Crippen LogP contribution in [-0.2, 0) is 17.2 Å². The highest BCUT2D eigenvalue weighted by Gasteiger charge is 2.33. The topological polar surface area (TPSA) is 60.2 Å². The van der Waals surface area contributed by atoms with E-state index < -0.39 is 10.8 Å². The standard InChI is InChI=1S/C14H19NO3S/c1-14(2,3)19(18)13-6-4-5-10-7-8-11(15(16)17)9-12(10)13/h7-9,13H,4-6H2,1-3H3. The molecule has 1 aliphatic carbocycles. The minimum absolute atomic E-state index is 0.0800. The maximum atomic E-state index is 12.6. The molecule has 0 radical (unpaired) electrons. The summed E-state index contributed by atoms with van der Waals surface area (Å²) >= 11 is 0. The average molecular weight is 281 g/mol. The van der Waals surface area contributed by atoms with E-state index in [0.29, 0.717) is 0 Å². The summed E-state index contributed by atoms with van der Waals surface area (Å²) in [5.41, 5.74) is 2.12. The van der Waals surface area contributed by atoms with Crippen LogP contribution in [0.5, 0.6) is 0 Å². The molecular weight excluding hydrogens is 262 g/mol. The second-order valence-electron chi connectivity index (χ2n) is 5.93. The van der Waals surface area contributed by atoms with Gasteiger partial charge in [0.25, 0.3) is 5.69 Å². The molecule has 5 heteroatoms. The van der Waals surface area contributed by atoms with E-state index in [1.807, 2.05) is 26.8 Å². The minimum Gasteiger partial charge on any atom is -0.258 e. The first-order valence-corrected chi connectivity index (χ1v) is 7.70. The Hall–Kier alpha value is -1.23. The number of non-ortho nitro benzene ring substituents is 1. The van der Waals surface area contributed by atoms with Gasteiger partial charge in [-0.2, -0.15) is 0 Å². The first-order valence-electron chi connectivity index (χ1n) is 6.48. The van der Waals surface area contributed by atoms with Crippen molar-refractivity contribution in [2.45, 2.75) is 50.0 Å². The Morgan fingerprint density at radius 1 is 1.37 bits per heavy atom. The summed E-state index contributed by atoms with van der Waals surface area (Å²) < 4.78 is 12.3. The Morgan fingerprint density at radius 2 is 2.05 bits per heavy atom. The SMILES string of the molecule is CC(C)(C)S(=O)C1CCCc2ccc([N+](=O)[O-])cc21. The second-order valence-corrected chi connectivity index (χ2v) is 8.32. The van der Waals surface area contributed by atoms with Crippen LogP contribution in [0.15, 0.2) is 18.2 Å². The Balaban J connectivity index is 2.45. The Kier molecular flexibility index (Phi) is 3.76. The summed E-state index contributed by atoms with van der Waals surface area (Å²) in [6.45, 7) is 5.86. The summed E-state index contributed by atoms with van der Waals surface area (Å²) in [7, 11) is -1.03. The van der Waals surface area contributed by atoms with Crippen LogP contribution in [0.2, 0.25) is 0 Å². The van der Waals surface area contributed by atoms with Gasteiger partial charge < -0.3 is 0 Å². The van der Waals surface area contributed by atoms with Gasteiger partial charge in [-0.3, -0.25) is 14.3 Å². The second kappa shape index (κ2) is 5.04. The van der Waals surface area contributed by atoms with Crippen LogP contribution in [-0.4, -0.2) is 13.9 Å². The van der Waals surface area contributed by atoms with Gasteiger partial charge in [-0.1, -0.05) is 6.07 Å². The molecule has 2 unspecified atom stereocenters. The molecule has 1 aromatic carbocycles. The Morgan fingerprint density at radius 3 is 2.63 bits per heavy atom. The molecule has 0 aromatic heterocycles. The molecule has 19 heavy (non-hydrogen) atoms. The third-order valence-electron chi connectivity index (χ3n) is 3.46. The summed E-state index contributed by atoms with van der Waals surface area (Å²) in [6.07, 6.45) is 2.76. The molecule has 0 heterocycles. The van der Waals surface area contributed by atoms with Crippen LogP contribution in [0.25, 0.3) is 0 Å². The van der Waals surface area contributed by atoms with E-state index in [2.05, 4.69) is 0 Å². The maximum Gasteiger partial charge on any atom is 0.269 e. The van der Waals surface area contributed by atoms with Crippen molar-refractivity contribution in [3.05, 3.63) is 39.4 Å². The van der Waals surface area contributed by atoms with Gasteiger partial charge in [-0.15, -0.1) is 0 Å². The summed E-state index contributed by atoms with van der Waals surface area (Å²) in [5.74, 6) is 0. The van der Waals surface area contributed by atoms with Gasteiger partial charge in [0.05, 0.1) is 10.2 Å². The molecule has 4 nitrogen and oxygen atoms in total. The molecule has 0 N–H and O–H groups in total. The number of nitrogens with zero attached hydrogens (tertiary/aromatic N) is 1. The van der Waals surface area contributed by atoms with E-state index in [1.54, 1.807) is 12.1 Å². The third-order valence-corrected chi connectivity index (χ3v) is 5.68. The number of aryl methyl sites for hydroxylation is 1. The number of fused-ring (bicyclic) bond motifs is 1. The first-order chi connectivity index (χ1) is 8.80. The fourth-order valence-electron chi connectivity index (χ4n) is 2.51. The highest BCUT2D eigenvalue weighted by Crippen LogP contribution is 2.39. The highest BCUT2D eigenvalue weighted by molar-refractivity contribution is 7.86. The zero-order valence-corrected chi connectivity index (χ0v) is 12.3. The highest BCUT2D eigenvalue weighted by atomic mass is 32.2. The average Bonchev–Trinajstić information content (AvgIpc) is 2.35. The van der Waals surface area contributed by atoms with Crippen LogP contribution >= 0.6 is 0 Å². The van der Waals surface area contributed by atoms with Crippen LogP contribution in [0.1, 0.15) is 50.0 Å². The number of benzene rings is 1. The number of hydrogen-bond donors (Lipinski definition) is 0. The zero-order valence-electron chi connectivity index (χ0n) is 11.5. The van der Waals surface area contributed by atoms with E-state index in [1.165, 1.54) is 0 Å². The van der Waals surface area contributed by atoms with E-state index in [9.17, 15) is 14.3 Å². The molecule has 1 aromatic rings. The quantitative estimate of drug-likeness (QED) is 0.615. The predicted molar refractivity (Wildman–Crippen MR) is 76.7 cm³/mol. The van der Waals surface area contributed by atoms with Crippen molar-refractivity contribution in [2.75, 3.05) is 0 Å². The molecule has 0 amide bonds. The largest absolute Gasteiger partial charge is 0.269 e. The first kappa shape index (κ1) is 14.2.